The van der Waals surface area contributed by atoms with Gasteiger partial charge in [-0.3, -0.25) is 0 Å². The van der Waals surface area contributed by atoms with E-state index in [-0.39, 0.29) is 11.9 Å². The molecule has 0 fully saturated rings. The zero-order valence-corrected chi connectivity index (χ0v) is 12.7. The van der Waals surface area contributed by atoms with E-state index in [1.165, 1.54) is 35.4 Å². The number of nitrogens with one attached hydrogen (secondary N) is 1. The molecule has 0 spiro atoms. The molecule has 0 bridgehead atoms. The van der Waals surface area contributed by atoms with Gasteiger partial charge < -0.3 is 9.72 Å². The first kappa shape index (κ1) is 15.0. The minimum absolute atomic E-state index is 0.187. The van der Waals surface area contributed by atoms with Crippen LogP contribution in [0.4, 0.5) is 4.39 Å². The predicted octanol–water partition coefficient (Wildman–Crippen LogP) is 2.99. The summed E-state index contributed by atoms with van der Waals surface area (Å²) in [6.45, 7) is 3.54. The number of ether oxygens (including phenoxy) is 1. The van der Waals surface area contributed by atoms with Crippen molar-refractivity contribution in [2.75, 3.05) is 0 Å². The smallest absolute Gasteiger partial charge is 0.332 e. The summed E-state index contributed by atoms with van der Waals surface area (Å²) in [4.78, 5) is 18.6. The number of nitrogens with zero attached hydrogens (tertiary/aromatic N) is 3. The van der Waals surface area contributed by atoms with Gasteiger partial charge in [0.1, 0.15) is 12.1 Å². The Morgan fingerprint density at radius 3 is 3.04 bits per heavy atom. The Morgan fingerprint density at radius 2 is 2.26 bits per heavy atom. The highest BCUT2D eigenvalue weighted by Gasteiger charge is 2.11. The summed E-state index contributed by atoms with van der Waals surface area (Å²) in [6, 6.07) is 4.63. The van der Waals surface area contributed by atoms with E-state index in [4.69, 9.17) is 4.74 Å². The molecule has 0 aliphatic carbocycles. The number of rotatable bonds is 4. The van der Waals surface area contributed by atoms with E-state index in [2.05, 4.69) is 15.1 Å². The van der Waals surface area contributed by atoms with Crippen LogP contribution in [0.1, 0.15) is 13.8 Å². The molecular formula is C16H15FN4O2. The maximum absolute atomic E-state index is 13.7. The molecule has 0 saturated heterocycles. The van der Waals surface area contributed by atoms with E-state index in [0.717, 1.165) is 5.39 Å². The van der Waals surface area contributed by atoms with Gasteiger partial charge in [0, 0.05) is 34.9 Å². The monoisotopic (exact) mass is 314 g/mol. The maximum atomic E-state index is 13.7. The van der Waals surface area contributed by atoms with Gasteiger partial charge in [0.05, 0.1) is 6.10 Å². The molecule has 6 nitrogen and oxygen atoms in total. The maximum Gasteiger partial charge on any atom is 0.332 e. The van der Waals surface area contributed by atoms with Crippen molar-refractivity contribution < 1.29 is 13.9 Å². The third kappa shape index (κ3) is 3.28. The summed E-state index contributed by atoms with van der Waals surface area (Å²) in [7, 11) is 0. The first-order valence-corrected chi connectivity index (χ1v) is 7.10. The van der Waals surface area contributed by atoms with Crippen molar-refractivity contribution in [2.24, 2.45) is 0 Å². The van der Waals surface area contributed by atoms with Crippen molar-refractivity contribution in [3.63, 3.8) is 0 Å². The van der Waals surface area contributed by atoms with Crippen molar-refractivity contribution in [1.29, 1.82) is 0 Å². The highest BCUT2D eigenvalue weighted by Crippen LogP contribution is 2.26. The van der Waals surface area contributed by atoms with Gasteiger partial charge in [-0.15, -0.1) is 5.10 Å². The molecule has 2 aromatic heterocycles. The topological polar surface area (TPSA) is 72.8 Å². The molecule has 0 aliphatic heterocycles. The van der Waals surface area contributed by atoms with Crippen LogP contribution in [0.15, 0.2) is 36.8 Å². The number of H-pyrrole nitrogens is 1. The highest BCUT2D eigenvalue weighted by atomic mass is 19.1. The molecular weight excluding hydrogens is 299 g/mol. The van der Waals surface area contributed by atoms with Crippen LogP contribution < -0.4 is 0 Å². The summed E-state index contributed by atoms with van der Waals surface area (Å²) in [5.74, 6) is -0.464. The summed E-state index contributed by atoms with van der Waals surface area (Å²) < 4.78 is 20.0. The minimum atomic E-state index is -0.462. The lowest BCUT2D eigenvalue weighted by atomic mass is 10.1. The Morgan fingerprint density at radius 1 is 1.43 bits per heavy atom. The van der Waals surface area contributed by atoms with Crippen LogP contribution in [-0.2, 0) is 9.53 Å². The summed E-state index contributed by atoms with van der Waals surface area (Å²) in [6.07, 6.45) is 5.68. The van der Waals surface area contributed by atoms with E-state index in [1.807, 2.05) is 6.07 Å². The zero-order chi connectivity index (χ0) is 16.4. The molecule has 3 rings (SSSR count). The molecule has 0 atom stereocenters. The second kappa shape index (κ2) is 6.04. The second-order valence-electron chi connectivity index (χ2n) is 5.24. The van der Waals surface area contributed by atoms with Crippen LogP contribution in [-0.4, -0.2) is 31.8 Å². The third-order valence-corrected chi connectivity index (χ3v) is 3.10. The third-order valence-electron chi connectivity index (χ3n) is 3.10. The number of hydrogen-bond acceptors (Lipinski definition) is 4. The SMILES string of the molecule is CC(C)OC(=O)/C=C/n1cnc(-c2cc(F)cc3[nH]ccc23)n1. The lowest BCUT2D eigenvalue weighted by molar-refractivity contribution is -0.141. The molecule has 118 valence electrons. The first-order chi connectivity index (χ1) is 11.0. The van der Waals surface area contributed by atoms with Crippen molar-refractivity contribution in [3.05, 3.63) is 42.6 Å². The molecule has 0 unspecified atom stereocenters. The van der Waals surface area contributed by atoms with Gasteiger partial charge in [-0.2, -0.15) is 0 Å². The zero-order valence-electron chi connectivity index (χ0n) is 12.7. The average Bonchev–Trinajstić information content (AvgIpc) is 3.12. The van der Waals surface area contributed by atoms with Crippen molar-refractivity contribution in [1.82, 2.24) is 19.7 Å². The lowest BCUT2D eigenvalue weighted by Gasteiger charge is -2.03. The van der Waals surface area contributed by atoms with Crippen LogP contribution >= 0.6 is 0 Å². The number of carbonyl (C=O) groups excluding carboxylic acids is 1. The number of carbonyl (C=O) groups is 1. The standard InChI is InChI=1S/C16H15FN4O2/c1-10(2)23-15(22)4-6-21-9-19-16(20-21)13-7-11(17)8-14-12(13)3-5-18-14/h3-10,18H,1-2H3/b6-4+. The number of esters is 1. The number of halogens is 1. The van der Waals surface area contributed by atoms with Crippen LogP contribution in [0.25, 0.3) is 28.5 Å². The van der Waals surface area contributed by atoms with Gasteiger partial charge in [-0.25, -0.2) is 18.9 Å². The van der Waals surface area contributed by atoms with Crippen LogP contribution in [0.3, 0.4) is 0 Å². The van der Waals surface area contributed by atoms with Gasteiger partial charge in [0.15, 0.2) is 5.82 Å². The van der Waals surface area contributed by atoms with Crippen molar-refractivity contribution in [2.45, 2.75) is 20.0 Å². The summed E-state index contributed by atoms with van der Waals surface area (Å²) >= 11 is 0. The van der Waals surface area contributed by atoms with E-state index in [9.17, 15) is 9.18 Å². The molecule has 1 aromatic carbocycles. The summed E-state index contributed by atoms with van der Waals surface area (Å²) in [5, 5.41) is 5.06. The predicted molar refractivity (Wildman–Crippen MR) is 83.8 cm³/mol. The van der Waals surface area contributed by atoms with Crippen LogP contribution in [0.5, 0.6) is 0 Å². The Kier molecular flexibility index (Phi) is 3.92. The average molecular weight is 314 g/mol. The fraction of sp³-hybridized carbons (Fsp3) is 0.188. The molecule has 3 aromatic rings. The number of fused-ring (bicyclic) bond motifs is 1. The normalized spacial score (nSPS) is 11.7. The Bertz CT molecular complexity index is 879. The Balaban J connectivity index is 1.88. The van der Waals surface area contributed by atoms with Gasteiger partial charge in [0.25, 0.3) is 0 Å². The van der Waals surface area contributed by atoms with Gasteiger partial charge in [-0.1, -0.05) is 0 Å². The molecule has 23 heavy (non-hydrogen) atoms. The Labute approximate surface area is 131 Å². The quantitative estimate of drug-likeness (QED) is 0.593. The largest absolute Gasteiger partial charge is 0.460 e. The fourth-order valence-corrected chi connectivity index (χ4v) is 2.20. The molecule has 0 aliphatic rings. The number of aromatic nitrogens is 4. The van der Waals surface area contributed by atoms with Gasteiger partial charge >= 0.3 is 5.97 Å². The fourth-order valence-electron chi connectivity index (χ4n) is 2.20. The van der Waals surface area contributed by atoms with E-state index >= 15 is 0 Å². The van der Waals surface area contributed by atoms with Gasteiger partial charge in [-0.05, 0) is 32.0 Å². The highest BCUT2D eigenvalue weighted by molar-refractivity contribution is 5.93. The second-order valence-corrected chi connectivity index (χ2v) is 5.24. The van der Waals surface area contributed by atoms with Crippen molar-refractivity contribution >= 4 is 23.1 Å². The number of hydrogen-bond donors (Lipinski definition) is 1. The van der Waals surface area contributed by atoms with E-state index < -0.39 is 5.97 Å². The lowest BCUT2D eigenvalue weighted by Crippen LogP contribution is -2.08. The van der Waals surface area contributed by atoms with Crippen LogP contribution in [0.2, 0.25) is 0 Å². The number of aromatic amines is 1. The molecule has 2 heterocycles. The molecule has 7 heteroatoms. The van der Waals surface area contributed by atoms with Gasteiger partial charge in [0.2, 0.25) is 0 Å². The molecule has 0 amide bonds. The van der Waals surface area contributed by atoms with Crippen LogP contribution in [0, 0.1) is 5.82 Å². The van der Waals surface area contributed by atoms with E-state index in [1.54, 1.807) is 20.0 Å². The van der Waals surface area contributed by atoms with Crippen molar-refractivity contribution in [3.8, 4) is 11.4 Å². The summed E-state index contributed by atoms with van der Waals surface area (Å²) in [5.41, 5.74) is 1.26. The molecule has 0 radical (unpaired) electrons. The molecule has 1 N–H and O–H groups in total. The Hall–Kier alpha value is -2.96. The van der Waals surface area contributed by atoms with E-state index in [0.29, 0.717) is 16.9 Å². The first-order valence-electron chi connectivity index (χ1n) is 7.10. The molecule has 0 saturated carbocycles. The number of benzene rings is 1. The minimum Gasteiger partial charge on any atom is -0.460 e.